The van der Waals surface area contributed by atoms with E-state index in [-0.39, 0.29) is 11.3 Å². The molecule has 4 heteroatoms. The molecular weight excluding hydrogens is 250 g/mol. The summed E-state index contributed by atoms with van der Waals surface area (Å²) in [5.41, 5.74) is 8.30. The zero-order valence-electron chi connectivity index (χ0n) is 12.7. The van der Waals surface area contributed by atoms with Gasteiger partial charge in [0.25, 0.3) is 0 Å². The van der Waals surface area contributed by atoms with Crippen LogP contribution in [0.15, 0.2) is 18.2 Å². The zero-order valence-corrected chi connectivity index (χ0v) is 12.7. The lowest BCUT2D eigenvalue weighted by Crippen LogP contribution is -2.47. The Kier molecular flexibility index (Phi) is 4.33. The summed E-state index contributed by atoms with van der Waals surface area (Å²) in [5.74, 6) is 0.00889. The number of nitrogen functional groups attached to an aromatic ring is 1. The van der Waals surface area contributed by atoms with E-state index in [1.807, 2.05) is 12.1 Å². The first-order chi connectivity index (χ1) is 9.44. The van der Waals surface area contributed by atoms with Crippen LogP contribution in [0, 0.1) is 0 Å². The third-order valence-corrected chi connectivity index (χ3v) is 4.54. The maximum atomic E-state index is 11.4. The highest BCUT2D eigenvalue weighted by Gasteiger charge is 2.35. The van der Waals surface area contributed by atoms with Gasteiger partial charge in [0, 0.05) is 29.0 Å². The van der Waals surface area contributed by atoms with Gasteiger partial charge in [0.15, 0.2) is 5.78 Å². The van der Waals surface area contributed by atoms with Crippen LogP contribution in [-0.2, 0) is 0 Å². The van der Waals surface area contributed by atoms with E-state index in [9.17, 15) is 4.79 Å². The minimum atomic E-state index is 0.00889. The molecule has 0 radical (unpaired) electrons. The molecule has 4 nitrogen and oxygen atoms in total. The number of carbonyl (C=O) groups is 1. The second-order valence-electron chi connectivity index (χ2n) is 6.04. The molecule has 0 aliphatic heterocycles. The Morgan fingerprint density at radius 3 is 2.50 bits per heavy atom. The van der Waals surface area contributed by atoms with E-state index in [1.165, 1.54) is 25.7 Å². The van der Waals surface area contributed by atoms with Crippen LogP contribution in [0.2, 0.25) is 0 Å². The van der Waals surface area contributed by atoms with E-state index in [1.54, 1.807) is 13.0 Å². The smallest absolute Gasteiger partial charge is 0.161 e. The number of nitrogens with two attached hydrogens (primary N) is 1. The van der Waals surface area contributed by atoms with Crippen molar-refractivity contribution in [1.82, 2.24) is 4.90 Å². The first-order valence-corrected chi connectivity index (χ1v) is 7.26. The van der Waals surface area contributed by atoms with Crippen LogP contribution in [0.25, 0.3) is 0 Å². The monoisotopic (exact) mass is 275 g/mol. The molecule has 1 aromatic carbocycles. The molecule has 3 N–H and O–H groups in total. The predicted molar refractivity (Wildman–Crippen MR) is 84.2 cm³/mol. The fourth-order valence-electron chi connectivity index (χ4n) is 3.08. The van der Waals surface area contributed by atoms with Crippen LogP contribution >= 0.6 is 0 Å². The number of rotatable bonds is 5. The molecule has 0 spiro atoms. The number of ketones is 1. The van der Waals surface area contributed by atoms with Crippen LogP contribution < -0.4 is 11.1 Å². The summed E-state index contributed by atoms with van der Waals surface area (Å²) in [7, 11) is 4.31. The normalized spacial score (nSPS) is 17.4. The summed E-state index contributed by atoms with van der Waals surface area (Å²) >= 11 is 0. The van der Waals surface area contributed by atoms with E-state index < -0.39 is 0 Å². The number of benzene rings is 1. The molecule has 1 aliphatic carbocycles. The van der Waals surface area contributed by atoms with Crippen LogP contribution in [0.5, 0.6) is 0 Å². The molecule has 20 heavy (non-hydrogen) atoms. The first-order valence-electron chi connectivity index (χ1n) is 7.26. The molecule has 0 amide bonds. The van der Waals surface area contributed by atoms with E-state index in [4.69, 9.17) is 5.73 Å². The van der Waals surface area contributed by atoms with E-state index in [0.29, 0.717) is 11.3 Å². The van der Waals surface area contributed by atoms with Crippen molar-refractivity contribution in [1.29, 1.82) is 0 Å². The summed E-state index contributed by atoms with van der Waals surface area (Å²) in [6.07, 6.45) is 5.05. The molecule has 0 heterocycles. The summed E-state index contributed by atoms with van der Waals surface area (Å²) < 4.78 is 0. The molecule has 0 aromatic heterocycles. The topological polar surface area (TPSA) is 58.4 Å². The van der Waals surface area contributed by atoms with Gasteiger partial charge in [-0.2, -0.15) is 0 Å². The maximum absolute atomic E-state index is 11.4. The summed E-state index contributed by atoms with van der Waals surface area (Å²) in [6, 6.07) is 5.59. The van der Waals surface area contributed by atoms with Crippen molar-refractivity contribution in [3.8, 4) is 0 Å². The lowest BCUT2D eigenvalue weighted by molar-refractivity contribution is 0.101. The third-order valence-electron chi connectivity index (χ3n) is 4.54. The second kappa shape index (κ2) is 5.83. The number of hydrogen-bond acceptors (Lipinski definition) is 4. The average molecular weight is 275 g/mol. The highest BCUT2D eigenvalue weighted by Crippen LogP contribution is 2.34. The van der Waals surface area contributed by atoms with Crippen LogP contribution in [0.1, 0.15) is 43.0 Å². The average Bonchev–Trinajstić information content (AvgIpc) is 2.86. The molecular formula is C16H25N3O. The SMILES string of the molecule is CC(=O)c1ccc(NCC2(N(C)C)CCCC2)cc1N. The minimum absolute atomic E-state index is 0.00889. The van der Waals surface area contributed by atoms with Crippen LogP contribution in [0.3, 0.4) is 0 Å². The highest BCUT2D eigenvalue weighted by molar-refractivity contribution is 5.99. The van der Waals surface area contributed by atoms with Crippen LogP contribution in [0.4, 0.5) is 11.4 Å². The fourth-order valence-corrected chi connectivity index (χ4v) is 3.08. The Morgan fingerprint density at radius 2 is 2.00 bits per heavy atom. The molecule has 0 saturated heterocycles. The maximum Gasteiger partial charge on any atom is 0.161 e. The fraction of sp³-hybridized carbons (Fsp3) is 0.562. The molecule has 1 saturated carbocycles. The van der Waals surface area contributed by atoms with Gasteiger partial charge in [0.2, 0.25) is 0 Å². The van der Waals surface area contributed by atoms with Gasteiger partial charge in [-0.15, -0.1) is 0 Å². The van der Waals surface area contributed by atoms with Crippen molar-refractivity contribution in [2.75, 3.05) is 31.7 Å². The second-order valence-corrected chi connectivity index (χ2v) is 6.04. The summed E-state index contributed by atoms with van der Waals surface area (Å²) in [6.45, 7) is 2.46. The van der Waals surface area contributed by atoms with E-state index in [2.05, 4.69) is 24.3 Å². The molecule has 0 bridgehead atoms. The minimum Gasteiger partial charge on any atom is -0.398 e. The molecule has 0 atom stereocenters. The summed E-state index contributed by atoms with van der Waals surface area (Å²) in [5, 5.41) is 3.48. The van der Waals surface area contributed by atoms with E-state index in [0.717, 1.165) is 12.2 Å². The van der Waals surface area contributed by atoms with Crippen LogP contribution in [-0.4, -0.2) is 36.9 Å². The van der Waals surface area contributed by atoms with Crippen molar-refractivity contribution in [2.24, 2.45) is 0 Å². The Hall–Kier alpha value is -1.55. The van der Waals surface area contributed by atoms with Gasteiger partial charge in [-0.25, -0.2) is 0 Å². The molecule has 2 rings (SSSR count). The molecule has 110 valence electrons. The lowest BCUT2D eigenvalue weighted by Gasteiger charge is -2.36. The van der Waals surface area contributed by atoms with Gasteiger partial charge < -0.3 is 16.0 Å². The Labute approximate surface area is 121 Å². The number of nitrogens with zero attached hydrogens (tertiary/aromatic N) is 1. The molecule has 1 fully saturated rings. The van der Waals surface area contributed by atoms with Crippen molar-refractivity contribution in [2.45, 2.75) is 38.1 Å². The molecule has 1 aromatic rings. The van der Waals surface area contributed by atoms with Gasteiger partial charge in [-0.1, -0.05) is 12.8 Å². The lowest BCUT2D eigenvalue weighted by atomic mass is 9.96. The number of hydrogen-bond donors (Lipinski definition) is 2. The summed E-state index contributed by atoms with van der Waals surface area (Å²) in [4.78, 5) is 13.7. The predicted octanol–water partition coefficient (Wildman–Crippen LogP) is 2.76. The van der Waals surface area contributed by atoms with Crippen molar-refractivity contribution >= 4 is 17.2 Å². The number of nitrogens with one attached hydrogen (secondary N) is 1. The third kappa shape index (κ3) is 2.96. The first kappa shape index (κ1) is 14.9. The molecule has 0 unspecified atom stereocenters. The Morgan fingerprint density at radius 1 is 1.35 bits per heavy atom. The quantitative estimate of drug-likeness (QED) is 0.641. The Bertz CT molecular complexity index is 490. The number of likely N-dealkylation sites (N-methyl/N-ethyl adjacent to an activating group) is 1. The standard InChI is InChI=1S/C16H25N3O/c1-12(20)14-7-6-13(10-15(14)17)18-11-16(19(2)3)8-4-5-9-16/h6-7,10,18H,4-5,8-9,11,17H2,1-3H3. The van der Waals surface area contributed by atoms with E-state index >= 15 is 0 Å². The molecule has 1 aliphatic rings. The van der Waals surface area contributed by atoms with Gasteiger partial charge >= 0.3 is 0 Å². The largest absolute Gasteiger partial charge is 0.398 e. The zero-order chi connectivity index (χ0) is 14.8. The highest BCUT2D eigenvalue weighted by atomic mass is 16.1. The number of anilines is 2. The van der Waals surface area contributed by atoms with Gasteiger partial charge in [-0.3, -0.25) is 4.79 Å². The number of carbonyl (C=O) groups excluding carboxylic acids is 1. The van der Waals surface area contributed by atoms with Gasteiger partial charge in [-0.05, 0) is 52.1 Å². The Balaban J connectivity index is 2.07. The van der Waals surface area contributed by atoms with Gasteiger partial charge in [0.1, 0.15) is 0 Å². The van der Waals surface area contributed by atoms with Crippen molar-refractivity contribution in [3.05, 3.63) is 23.8 Å². The van der Waals surface area contributed by atoms with Crippen molar-refractivity contribution < 1.29 is 4.79 Å². The number of Topliss-reactive ketones (excluding diaryl/α,β-unsaturated/α-hetero) is 1. The van der Waals surface area contributed by atoms with Gasteiger partial charge in [0.05, 0.1) is 0 Å². The van der Waals surface area contributed by atoms with Crippen molar-refractivity contribution in [3.63, 3.8) is 0 Å².